The van der Waals surface area contributed by atoms with Gasteiger partial charge in [-0.05, 0) is 48.9 Å². The van der Waals surface area contributed by atoms with Gasteiger partial charge in [0.1, 0.15) is 5.82 Å². The molecule has 0 bridgehead atoms. The Morgan fingerprint density at radius 2 is 2.10 bits per heavy atom. The van der Waals surface area contributed by atoms with Crippen LogP contribution in [0, 0.1) is 11.8 Å². The standard InChI is InChI=1S/C23H23ClN4O3/c1-13(22(25)30)8-15-4-6-18(24)17(9-15)23-27-19(10-20(29)28-23)16-5-7-21(26-11-16)31-12-14-2-3-14/h4-7,9-11,13-14H,2-3,8,12H2,1H3,(H2,25,30)(H,27,28,29). The molecule has 0 spiro atoms. The van der Waals surface area contributed by atoms with Gasteiger partial charge in [0, 0.05) is 35.4 Å². The Bertz CT molecular complexity index is 1160. The molecule has 1 atom stereocenters. The molecule has 2 aromatic heterocycles. The van der Waals surface area contributed by atoms with Gasteiger partial charge in [-0.1, -0.05) is 24.6 Å². The summed E-state index contributed by atoms with van der Waals surface area (Å²) in [4.78, 5) is 35.4. The molecule has 1 amide bonds. The Balaban J connectivity index is 1.61. The number of aromatic amines is 1. The minimum atomic E-state index is -0.373. The molecule has 160 valence electrons. The van der Waals surface area contributed by atoms with Crippen LogP contribution in [-0.4, -0.2) is 27.5 Å². The van der Waals surface area contributed by atoms with Crippen LogP contribution >= 0.6 is 11.6 Å². The predicted molar refractivity (Wildman–Crippen MR) is 119 cm³/mol. The number of halogens is 1. The van der Waals surface area contributed by atoms with Crippen LogP contribution in [0.3, 0.4) is 0 Å². The average molecular weight is 439 g/mol. The number of pyridine rings is 1. The monoisotopic (exact) mass is 438 g/mol. The second-order valence-corrected chi connectivity index (χ2v) is 8.35. The molecule has 8 heteroatoms. The molecule has 1 aliphatic rings. The van der Waals surface area contributed by atoms with Crippen molar-refractivity contribution in [3.8, 4) is 28.5 Å². The lowest BCUT2D eigenvalue weighted by molar-refractivity contribution is -0.121. The van der Waals surface area contributed by atoms with Gasteiger partial charge < -0.3 is 15.5 Å². The fraction of sp³-hybridized carbons (Fsp3) is 0.304. The first kappa shape index (κ1) is 21.1. The molecule has 31 heavy (non-hydrogen) atoms. The summed E-state index contributed by atoms with van der Waals surface area (Å²) in [7, 11) is 0. The minimum absolute atomic E-state index is 0.305. The Morgan fingerprint density at radius 1 is 1.29 bits per heavy atom. The highest BCUT2D eigenvalue weighted by molar-refractivity contribution is 6.33. The third-order valence-corrected chi connectivity index (χ3v) is 5.58. The number of amides is 1. The van der Waals surface area contributed by atoms with E-state index in [2.05, 4.69) is 15.0 Å². The molecule has 2 heterocycles. The zero-order valence-corrected chi connectivity index (χ0v) is 17.9. The van der Waals surface area contributed by atoms with Crippen molar-refractivity contribution in [2.24, 2.45) is 17.6 Å². The number of nitrogens with zero attached hydrogens (tertiary/aromatic N) is 2. The van der Waals surface area contributed by atoms with Crippen molar-refractivity contribution in [3.63, 3.8) is 0 Å². The van der Waals surface area contributed by atoms with Crippen LogP contribution in [0.15, 0.2) is 47.4 Å². The van der Waals surface area contributed by atoms with E-state index in [0.29, 0.717) is 52.5 Å². The van der Waals surface area contributed by atoms with Crippen LogP contribution in [0.4, 0.5) is 0 Å². The van der Waals surface area contributed by atoms with Crippen LogP contribution in [0.25, 0.3) is 22.6 Å². The average Bonchev–Trinajstić information content (AvgIpc) is 3.58. The highest BCUT2D eigenvalue weighted by Gasteiger charge is 2.22. The number of rotatable bonds is 8. The fourth-order valence-electron chi connectivity index (χ4n) is 3.17. The molecule has 1 aliphatic carbocycles. The number of nitrogens with two attached hydrogens (primary N) is 1. The number of H-pyrrole nitrogens is 1. The Hall–Kier alpha value is -3.19. The van der Waals surface area contributed by atoms with E-state index < -0.39 is 0 Å². The van der Waals surface area contributed by atoms with Crippen LogP contribution in [0.1, 0.15) is 25.3 Å². The van der Waals surface area contributed by atoms with Gasteiger partial charge in [-0.25, -0.2) is 9.97 Å². The van der Waals surface area contributed by atoms with E-state index in [-0.39, 0.29) is 17.4 Å². The molecule has 4 rings (SSSR count). The summed E-state index contributed by atoms with van der Waals surface area (Å²) < 4.78 is 5.67. The Kier molecular flexibility index (Phi) is 6.04. The van der Waals surface area contributed by atoms with Gasteiger partial charge in [0.2, 0.25) is 11.8 Å². The zero-order chi connectivity index (χ0) is 22.0. The number of ether oxygens (including phenoxy) is 1. The van der Waals surface area contributed by atoms with Crippen molar-refractivity contribution in [1.82, 2.24) is 15.0 Å². The van der Waals surface area contributed by atoms with Gasteiger partial charge in [-0.15, -0.1) is 0 Å². The molecular weight excluding hydrogens is 416 g/mol. The second kappa shape index (κ2) is 8.89. The molecule has 0 radical (unpaired) electrons. The summed E-state index contributed by atoms with van der Waals surface area (Å²) in [6.45, 7) is 2.45. The number of aromatic nitrogens is 3. The van der Waals surface area contributed by atoms with Crippen molar-refractivity contribution in [2.45, 2.75) is 26.2 Å². The van der Waals surface area contributed by atoms with Gasteiger partial charge in [0.15, 0.2) is 0 Å². The third kappa shape index (κ3) is 5.30. The molecule has 3 aromatic rings. The number of primary amides is 1. The van der Waals surface area contributed by atoms with E-state index in [1.165, 1.54) is 18.9 Å². The Morgan fingerprint density at radius 3 is 2.77 bits per heavy atom. The van der Waals surface area contributed by atoms with Gasteiger partial charge in [0.05, 0.1) is 17.3 Å². The largest absolute Gasteiger partial charge is 0.477 e. The molecule has 1 unspecified atom stereocenters. The maximum absolute atomic E-state index is 12.3. The lowest BCUT2D eigenvalue weighted by Gasteiger charge is -2.11. The summed E-state index contributed by atoms with van der Waals surface area (Å²) in [5.74, 6) is 0.848. The molecule has 1 saturated carbocycles. The van der Waals surface area contributed by atoms with E-state index in [4.69, 9.17) is 22.1 Å². The number of nitrogens with one attached hydrogen (secondary N) is 1. The van der Waals surface area contributed by atoms with Crippen LogP contribution in [0.5, 0.6) is 5.88 Å². The molecule has 1 fully saturated rings. The van der Waals surface area contributed by atoms with Crippen molar-refractivity contribution < 1.29 is 9.53 Å². The van der Waals surface area contributed by atoms with E-state index in [9.17, 15) is 9.59 Å². The molecular formula is C23H23ClN4O3. The second-order valence-electron chi connectivity index (χ2n) is 7.94. The first-order chi connectivity index (χ1) is 14.9. The van der Waals surface area contributed by atoms with Crippen molar-refractivity contribution >= 4 is 17.5 Å². The smallest absolute Gasteiger partial charge is 0.251 e. The highest BCUT2D eigenvalue weighted by Crippen LogP contribution is 2.30. The molecule has 0 saturated heterocycles. The van der Waals surface area contributed by atoms with Crippen molar-refractivity contribution in [1.29, 1.82) is 0 Å². The maximum atomic E-state index is 12.3. The van der Waals surface area contributed by atoms with E-state index in [1.54, 1.807) is 25.3 Å². The normalized spacial score (nSPS) is 14.3. The number of hydrogen-bond acceptors (Lipinski definition) is 5. The number of carbonyl (C=O) groups excluding carboxylic acids is 1. The van der Waals surface area contributed by atoms with Gasteiger partial charge >= 0.3 is 0 Å². The van der Waals surface area contributed by atoms with Gasteiger partial charge in [-0.2, -0.15) is 0 Å². The fourth-order valence-corrected chi connectivity index (χ4v) is 3.38. The predicted octanol–water partition coefficient (Wildman–Crippen LogP) is 3.61. The SMILES string of the molecule is CC(Cc1ccc(Cl)c(-c2nc(-c3ccc(OCC4CC4)nc3)cc(=O)[nH]2)c1)C(N)=O. The molecule has 7 nitrogen and oxygen atoms in total. The van der Waals surface area contributed by atoms with Gasteiger partial charge in [0.25, 0.3) is 5.56 Å². The van der Waals surface area contributed by atoms with Crippen LogP contribution in [-0.2, 0) is 11.2 Å². The van der Waals surface area contributed by atoms with E-state index in [0.717, 1.165) is 5.56 Å². The summed E-state index contributed by atoms with van der Waals surface area (Å²) in [5.41, 5.74) is 7.69. The Labute approximate surface area is 184 Å². The zero-order valence-electron chi connectivity index (χ0n) is 17.1. The molecule has 0 aliphatic heterocycles. The number of hydrogen-bond donors (Lipinski definition) is 2. The quantitative estimate of drug-likeness (QED) is 0.558. The minimum Gasteiger partial charge on any atom is -0.477 e. The highest BCUT2D eigenvalue weighted by atomic mass is 35.5. The lowest BCUT2D eigenvalue weighted by Crippen LogP contribution is -2.22. The van der Waals surface area contributed by atoms with E-state index >= 15 is 0 Å². The number of benzene rings is 1. The van der Waals surface area contributed by atoms with Crippen molar-refractivity contribution in [3.05, 3.63) is 63.5 Å². The molecule has 1 aromatic carbocycles. The van der Waals surface area contributed by atoms with Crippen LogP contribution in [0.2, 0.25) is 5.02 Å². The third-order valence-electron chi connectivity index (χ3n) is 5.25. The maximum Gasteiger partial charge on any atom is 0.251 e. The van der Waals surface area contributed by atoms with Gasteiger partial charge in [-0.3, -0.25) is 9.59 Å². The molecule has 3 N–H and O–H groups in total. The summed E-state index contributed by atoms with van der Waals surface area (Å²) in [6.07, 6.45) is 4.53. The summed E-state index contributed by atoms with van der Waals surface area (Å²) in [5, 5.41) is 0.442. The van der Waals surface area contributed by atoms with Crippen molar-refractivity contribution in [2.75, 3.05) is 6.61 Å². The summed E-state index contributed by atoms with van der Waals surface area (Å²) >= 11 is 6.38. The van der Waals surface area contributed by atoms with Crippen LogP contribution < -0.4 is 16.0 Å². The summed E-state index contributed by atoms with van der Waals surface area (Å²) in [6, 6.07) is 10.4. The number of carbonyl (C=O) groups is 1. The lowest BCUT2D eigenvalue weighted by atomic mass is 9.99. The first-order valence-electron chi connectivity index (χ1n) is 10.2. The first-order valence-corrected chi connectivity index (χ1v) is 10.6. The van der Waals surface area contributed by atoms with E-state index in [1.807, 2.05) is 18.2 Å². The topological polar surface area (TPSA) is 111 Å².